The summed E-state index contributed by atoms with van der Waals surface area (Å²) in [5.41, 5.74) is 5.27. The van der Waals surface area contributed by atoms with Crippen LogP contribution in [0.2, 0.25) is 10.0 Å². The van der Waals surface area contributed by atoms with Gasteiger partial charge in [0.15, 0.2) is 0 Å². The van der Waals surface area contributed by atoms with E-state index >= 15 is 0 Å². The molecule has 0 bridgehead atoms. The second-order valence-corrected chi connectivity index (χ2v) is 5.53. The van der Waals surface area contributed by atoms with Crippen molar-refractivity contribution in [3.05, 3.63) is 69.0 Å². The average Bonchev–Trinajstić information content (AvgIpc) is 2.41. The molecule has 0 aliphatic heterocycles. The van der Waals surface area contributed by atoms with Crippen LogP contribution >= 0.6 is 23.2 Å². The molecule has 0 amide bonds. The second-order valence-electron chi connectivity index (χ2n) is 4.66. The van der Waals surface area contributed by atoms with Crippen molar-refractivity contribution in [1.29, 1.82) is 0 Å². The Balaban J connectivity index is 2.31. The summed E-state index contributed by atoms with van der Waals surface area (Å²) in [6.45, 7) is 1.97. The third kappa shape index (κ3) is 3.49. The van der Waals surface area contributed by atoms with E-state index in [1.54, 1.807) is 12.1 Å². The molecule has 0 aliphatic carbocycles. The van der Waals surface area contributed by atoms with Gasteiger partial charge in [-0.1, -0.05) is 35.3 Å². The van der Waals surface area contributed by atoms with Gasteiger partial charge in [-0.15, -0.1) is 0 Å². The summed E-state index contributed by atoms with van der Waals surface area (Å²) in [6.07, 6.45) is 0.417. The van der Waals surface area contributed by atoms with Gasteiger partial charge in [-0.05, 0) is 54.3 Å². The van der Waals surface area contributed by atoms with Gasteiger partial charge in [0.25, 0.3) is 0 Å². The lowest BCUT2D eigenvalue weighted by Gasteiger charge is -2.19. The number of halogens is 3. The van der Waals surface area contributed by atoms with Crippen LogP contribution in [0.25, 0.3) is 0 Å². The van der Waals surface area contributed by atoms with E-state index in [1.807, 2.05) is 25.1 Å². The van der Waals surface area contributed by atoms with Crippen LogP contribution in [0.4, 0.5) is 4.39 Å². The fourth-order valence-corrected chi connectivity index (χ4v) is 2.49. The lowest BCUT2D eigenvalue weighted by molar-refractivity contribution is 0.527. The topological polar surface area (TPSA) is 38.0 Å². The number of aryl methyl sites for hydroxylation is 1. The van der Waals surface area contributed by atoms with Crippen LogP contribution in [0.5, 0.6) is 0 Å². The molecule has 3 N–H and O–H groups in total. The third-order valence-electron chi connectivity index (χ3n) is 3.26. The van der Waals surface area contributed by atoms with E-state index in [9.17, 15) is 4.39 Å². The van der Waals surface area contributed by atoms with Gasteiger partial charge in [0.1, 0.15) is 5.82 Å². The number of rotatable bonds is 4. The van der Waals surface area contributed by atoms with E-state index < -0.39 is 0 Å². The van der Waals surface area contributed by atoms with Crippen molar-refractivity contribution in [1.82, 2.24) is 5.43 Å². The summed E-state index contributed by atoms with van der Waals surface area (Å²) in [7, 11) is 0. The summed E-state index contributed by atoms with van der Waals surface area (Å²) in [4.78, 5) is 0. The zero-order valence-electron chi connectivity index (χ0n) is 11.0. The summed E-state index contributed by atoms with van der Waals surface area (Å²) < 4.78 is 13.9. The van der Waals surface area contributed by atoms with Crippen molar-refractivity contribution >= 4 is 23.2 Å². The van der Waals surface area contributed by atoms with Gasteiger partial charge in [0.05, 0.1) is 6.04 Å². The minimum atomic E-state index is -0.336. The van der Waals surface area contributed by atoms with E-state index in [4.69, 9.17) is 29.0 Å². The molecule has 20 heavy (non-hydrogen) atoms. The van der Waals surface area contributed by atoms with Crippen molar-refractivity contribution < 1.29 is 4.39 Å². The summed E-state index contributed by atoms with van der Waals surface area (Å²) in [5, 5.41) is 1.00. The number of benzene rings is 2. The lowest BCUT2D eigenvalue weighted by Crippen LogP contribution is -2.30. The summed E-state index contributed by atoms with van der Waals surface area (Å²) >= 11 is 11.8. The smallest absolute Gasteiger partial charge is 0.127 e. The zero-order valence-corrected chi connectivity index (χ0v) is 12.5. The molecule has 0 aliphatic rings. The van der Waals surface area contributed by atoms with Crippen LogP contribution in [0, 0.1) is 12.7 Å². The number of hydrogen-bond acceptors (Lipinski definition) is 2. The lowest BCUT2D eigenvalue weighted by atomic mass is 9.95. The number of nitrogens with two attached hydrogens (primary N) is 1. The molecule has 106 valence electrons. The Hall–Kier alpha value is -1.13. The van der Waals surface area contributed by atoms with Crippen molar-refractivity contribution in [2.24, 2.45) is 5.84 Å². The molecule has 0 saturated heterocycles. The van der Waals surface area contributed by atoms with Gasteiger partial charge in [-0.3, -0.25) is 11.3 Å². The minimum Gasteiger partial charge on any atom is -0.271 e. The molecule has 0 heterocycles. The first-order valence-electron chi connectivity index (χ1n) is 6.17. The zero-order chi connectivity index (χ0) is 14.7. The van der Waals surface area contributed by atoms with Crippen LogP contribution in [0.3, 0.4) is 0 Å². The molecule has 1 unspecified atom stereocenters. The molecule has 0 radical (unpaired) electrons. The largest absolute Gasteiger partial charge is 0.271 e. The fraction of sp³-hybridized carbons (Fsp3) is 0.200. The molecule has 2 aromatic carbocycles. The maximum Gasteiger partial charge on any atom is 0.127 e. The second kappa shape index (κ2) is 6.55. The van der Waals surface area contributed by atoms with Crippen molar-refractivity contribution in [3.63, 3.8) is 0 Å². The normalized spacial score (nSPS) is 12.4. The molecular formula is C15H15Cl2FN2. The Kier molecular flexibility index (Phi) is 5.00. The van der Waals surface area contributed by atoms with E-state index in [0.29, 0.717) is 22.0 Å². The highest BCUT2D eigenvalue weighted by Gasteiger charge is 2.16. The monoisotopic (exact) mass is 312 g/mol. The van der Waals surface area contributed by atoms with E-state index in [-0.39, 0.29) is 11.9 Å². The Morgan fingerprint density at radius 1 is 1.15 bits per heavy atom. The molecule has 0 fully saturated rings. The van der Waals surface area contributed by atoms with E-state index in [1.165, 1.54) is 6.07 Å². The number of hydrazine groups is 1. The van der Waals surface area contributed by atoms with Crippen LogP contribution in [-0.4, -0.2) is 0 Å². The molecule has 2 nitrogen and oxygen atoms in total. The average molecular weight is 313 g/mol. The van der Waals surface area contributed by atoms with E-state index in [0.717, 1.165) is 11.1 Å². The molecule has 1 atom stereocenters. The molecular weight excluding hydrogens is 298 g/mol. The molecule has 0 spiro atoms. The molecule has 2 rings (SSSR count). The molecule has 0 saturated carbocycles. The van der Waals surface area contributed by atoms with Crippen LogP contribution in [0.15, 0.2) is 36.4 Å². The Bertz CT molecular complexity index is 617. The predicted molar refractivity (Wildman–Crippen MR) is 81.4 cm³/mol. The Labute approximate surface area is 127 Å². The van der Waals surface area contributed by atoms with E-state index in [2.05, 4.69) is 5.43 Å². The van der Waals surface area contributed by atoms with Crippen molar-refractivity contribution in [2.45, 2.75) is 19.4 Å². The maximum atomic E-state index is 13.9. The summed E-state index contributed by atoms with van der Waals surface area (Å²) in [5.74, 6) is 5.27. The fourth-order valence-electron chi connectivity index (χ4n) is 2.15. The highest BCUT2D eigenvalue weighted by Crippen LogP contribution is 2.26. The number of hydrogen-bond donors (Lipinski definition) is 2. The van der Waals surface area contributed by atoms with Gasteiger partial charge < -0.3 is 0 Å². The maximum absolute atomic E-state index is 13.9. The molecule has 2 aromatic rings. The quantitative estimate of drug-likeness (QED) is 0.656. The van der Waals surface area contributed by atoms with Gasteiger partial charge >= 0.3 is 0 Å². The van der Waals surface area contributed by atoms with Crippen molar-refractivity contribution in [3.8, 4) is 0 Å². The van der Waals surface area contributed by atoms with Gasteiger partial charge in [0, 0.05) is 10.0 Å². The standard InChI is InChI=1S/C15H15Cl2FN2/c1-9-2-4-11(16)7-13(9)15(20-19)6-10-3-5-12(17)8-14(10)18/h2-5,7-8,15,20H,6,19H2,1H3. The SMILES string of the molecule is Cc1ccc(Cl)cc1C(Cc1ccc(Cl)cc1F)NN. The predicted octanol–water partition coefficient (Wildman–Crippen LogP) is 4.19. The van der Waals surface area contributed by atoms with Gasteiger partial charge in [0.2, 0.25) is 0 Å². The van der Waals surface area contributed by atoms with Crippen LogP contribution in [-0.2, 0) is 6.42 Å². The first-order chi connectivity index (χ1) is 9.51. The highest BCUT2D eigenvalue weighted by atomic mass is 35.5. The number of nitrogens with one attached hydrogen (secondary N) is 1. The third-order valence-corrected chi connectivity index (χ3v) is 3.73. The Morgan fingerprint density at radius 2 is 1.80 bits per heavy atom. The first-order valence-corrected chi connectivity index (χ1v) is 6.93. The summed E-state index contributed by atoms with van der Waals surface area (Å²) in [6, 6.07) is 9.99. The molecule has 5 heteroatoms. The van der Waals surface area contributed by atoms with Crippen molar-refractivity contribution in [2.75, 3.05) is 0 Å². The van der Waals surface area contributed by atoms with Gasteiger partial charge in [-0.2, -0.15) is 0 Å². The van der Waals surface area contributed by atoms with Gasteiger partial charge in [-0.25, -0.2) is 4.39 Å². The minimum absolute atomic E-state index is 0.218. The van der Waals surface area contributed by atoms with Crippen LogP contribution < -0.4 is 11.3 Å². The Morgan fingerprint density at radius 3 is 2.45 bits per heavy atom. The first kappa shape index (κ1) is 15.3. The highest BCUT2D eigenvalue weighted by molar-refractivity contribution is 6.30. The molecule has 0 aromatic heterocycles. The van der Waals surface area contributed by atoms with Crippen LogP contribution in [0.1, 0.15) is 22.7 Å².